The molecule has 2 unspecified atom stereocenters. The number of halogens is 2. The monoisotopic (exact) mass is 375 g/mol. The molecule has 1 aromatic heterocycles. The summed E-state index contributed by atoms with van der Waals surface area (Å²) in [5.74, 6) is 1.36. The lowest BCUT2D eigenvalue weighted by molar-refractivity contribution is 0.125. The third kappa shape index (κ3) is 3.53. The molecule has 0 aliphatic carbocycles. The van der Waals surface area contributed by atoms with Crippen LogP contribution in [0.25, 0.3) is 0 Å². The Bertz CT molecular complexity index is 411. The molecule has 0 amide bonds. The number of aromatic nitrogens is 1. The van der Waals surface area contributed by atoms with Crippen molar-refractivity contribution in [3.05, 3.63) is 26.9 Å². The lowest BCUT2D eigenvalue weighted by Gasteiger charge is -2.36. The molecular formula is C13H19Br2N3. The highest BCUT2D eigenvalue weighted by Crippen LogP contribution is 2.25. The number of likely N-dealkylation sites (tertiary alicyclic amines) is 1. The van der Waals surface area contributed by atoms with Gasteiger partial charge in [0.05, 0.1) is 5.69 Å². The third-order valence-electron chi connectivity index (χ3n) is 3.76. The molecule has 2 atom stereocenters. The number of hydrogen-bond donors (Lipinski definition) is 1. The van der Waals surface area contributed by atoms with Crippen LogP contribution in [0.4, 0.5) is 0 Å². The standard InChI is InChI=1S/C13H19Br2N3/c1-9-2-3-18(7-10(9)5-16)8-13-12(15)4-11(14)6-17-13/h4,6,9-10H,2-3,5,7-8,16H2,1H3. The molecule has 1 fully saturated rings. The molecule has 0 radical (unpaired) electrons. The maximum Gasteiger partial charge on any atom is 0.0686 e. The van der Waals surface area contributed by atoms with Crippen LogP contribution < -0.4 is 5.73 Å². The van der Waals surface area contributed by atoms with Gasteiger partial charge in [-0.05, 0) is 69.3 Å². The van der Waals surface area contributed by atoms with Crippen molar-refractivity contribution in [2.45, 2.75) is 19.9 Å². The first-order valence-corrected chi connectivity index (χ1v) is 7.91. The smallest absolute Gasteiger partial charge is 0.0686 e. The van der Waals surface area contributed by atoms with Crippen molar-refractivity contribution in [3.8, 4) is 0 Å². The van der Waals surface area contributed by atoms with Gasteiger partial charge in [-0.2, -0.15) is 0 Å². The van der Waals surface area contributed by atoms with Crippen molar-refractivity contribution in [2.75, 3.05) is 19.6 Å². The Morgan fingerprint density at radius 1 is 1.50 bits per heavy atom. The van der Waals surface area contributed by atoms with E-state index in [-0.39, 0.29) is 0 Å². The van der Waals surface area contributed by atoms with Gasteiger partial charge in [0.25, 0.3) is 0 Å². The zero-order chi connectivity index (χ0) is 13.1. The number of pyridine rings is 1. The molecule has 0 saturated carbocycles. The second kappa shape index (κ2) is 6.46. The van der Waals surface area contributed by atoms with Crippen LogP contribution >= 0.6 is 31.9 Å². The van der Waals surface area contributed by atoms with Crippen LogP contribution in [0, 0.1) is 11.8 Å². The van der Waals surface area contributed by atoms with E-state index >= 15 is 0 Å². The number of nitrogens with zero attached hydrogens (tertiary/aromatic N) is 2. The summed E-state index contributed by atoms with van der Waals surface area (Å²) < 4.78 is 2.07. The second-order valence-electron chi connectivity index (χ2n) is 5.08. The molecule has 1 aliphatic rings. The minimum atomic E-state index is 0.618. The molecule has 0 spiro atoms. The van der Waals surface area contributed by atoms with Gasteiger partial charge in [0.1, 0.15) is 0 Å². The first-order valence-electron chi connectivity index (χ1n) is 6.32. The van der Waals surface area contributed by atoms with E-state index < -0.39 is 0 Å². The topological polar surface area (TPSA) is 42.2 Å². The van der Waals surface area contributed by atoms with Crippen LogP contribution in [-0.2, 0) is 6.54 Å². The molecule has 1 aliphatic heterocycles. The summed E-state index contributed by atoms with van der Waals surface area (Å²) in [5, 5.41) is 0. The van der Waals surface area contributed by atoms with E-state index in [0.29, 0.717) is 5.92 Å². The Morgan fingerprint density at radius 3 is 2.94 bits per heavy atom. The van der Waals surface area contributed by atoms with Crippen molar-refractivity contribution in [1.29, 1.82) is 0 Å². The van der Waals surface area contributed by atoms with E-state index in [0.717, 1.165) is 46.7 Å². The Balaban J connectivity index is 2.01. The molecule has 0 aromatic carbocycles. The minimum absolute atomic E-state index is 0.618. The summed E-state index contributed by atoms with van der Waals surface area (Å²) in [6.45, 7) is 6.22. The quantitative estimate of drug-likeness (QED) is 0.881. The summed E-state index contributed by atoms with van der Waals surface area (Å²) in [4.78, 5) is 6.93. The molecule has 2 heterocycles. The predicted molar refractivity (Wildman–Crippen MR) is 81.2 cm³/mol. The number of piperidine rings is 1. The lowest BCUT2D eigenvalue weighted by Crippen LogP contribution is -2.42. The largest absolute Gasteiger partial charge is 0.330 e. The van der Waals surface area contributed by atoms with E-state index in [1.54, 1.807) is 0 Å². The molecule has 1 saturated heterocycles. The van der Waals surface area contributed by atoms with Crippen LogP contribution in [0.15, 0.2) is 21.2 Å². The summed E-state index contributed by atoms with van der Waals surface area (Å²) in [6.07, 6.45) is 3.09. The molecule has 5 heteroatoms. The van der Waals surface area contributed by atoms with Crippen molar-refractivity contribution in [3.63, 3.8) is 0 Å². The molecule has 2 rings (SSSR count). The van der Waals surface area contributed by atoms with Crippen molar-refractivity contribution < 1.29 is 0 Å². The first-order chi connectivity index (χ1) is 8.60. The number of nitrogens with two attached hydrogens (primary N) is 1. The molecular weight excluding hydrogens is 358 g/mol. The predicted octanol–water partition coefficient (Wildman–Crippen LogP) is 3.02. The molecule has 18 heavy (non-hydrogen) atoms. The normalized spacial score (nSPS) is 25.3. The van der Waals surface area contributed by atoms with Gasteiger partial charge in [0, 0.05) is 28.2 Å². The summed E-state index contributed by atoms with van der Waals surface area (Å²) in [5.41, 5.74) is 6.94. The Hall–Kier alpha value is 0.0300. The van der Waals surface area contributed by atoms with Gasteiger partial charge in [-0.15, -0.1) is 0 Å². The Kier molecular flexibility index (Phi) is 5.18. The SMILES string of the molecule is CC1CCN(Cc2ncc(Br)cc2Br)CC1CN. The fourth-order valence-corrected chi connectivity index (χ4v) is 3.56. The maximum absolute atomic E-state index is 5.84. The zero-order valence-corrected chi connectivity index (χ0v) is 13.7. The van der Waals surface area contributed by atoms with E-state index in [4.69, 9.17) is 5.73 Å². The van der Waals surface area contributed by atoms with Crippen LogP contribution in [0.1, 0.15) is 19.0 Å². The van der Waals surface area contributed by atoms with Crippen molar-refractivity contribution in [1.82, 2.24) is 9.88 Å². The number of hydrogen-bond acceptors (Lipinski definition) is 3. The van der Waals surface area contributed by atoms with E-state index in [1.807, 2.05) is 6.20 Å². The van der Waals surface area contributed by atoms with Gasteiger partial charge >= 0.3 is 0 Å². The highest BCUT2D eigenvalue weighted by Gasteiger charge is 2.25. The highest BCUT2D eigenvalue weighted by molar-refractivity contribution is 9.11. The van der Waals surface area contributed by atoms with Crippen LogP contribution in [0.5, 0.6) is 0 Å². The summed E-state index contributed by atoms with van der Waals surface area (Å²) in [6, 6.07) is 2.05. The fourth-order valence-electron chi connectivity index (χ4n) is 2.45. The molecule has 1 aromatic rings. The lowest BCUT2D eigenvalue weighted by atomic mass is 9.87. The van der Waals surface area contributed by atoms with Gasteiger partial charge < -0.3 is 5.73 Å². The minimum Gasteiger partial charge on any atom is -0.330 e. The summed E-state index contributed by atoms with van der Waals surface area (Å²) >= 11 is 7.00. The van der Waals surface area contributed by atoms with Crippen LogP contribution in [0.2, 0.25) is 0 Å². The van der Waals surface area contributed by atoms with Gasteiger partial charge in [-0.25, -0.2) is 0 Å². The average Bonchev–Trinajstić information content (AvgIpc) is 2.35. The van der Waals surface area contributed by atoms with Crippen LogP contribution in [0.3, 0.4) is 0 Å². The van der Waals surface area contributed by atoms with E-state index in [2.05, 4.69) is 54.7 Å². The average molecular weight is 377 g/mol. The van der Waals surface area contributed by atoms with Gasteiger partial charge in [0.2, 0.25) is 0 Å². The highest BCUT2D eigenvalue weighted by atomic mass is 79.9. The third-order valence-corrected chi connectivity index (χ3v) is 4.88. The van der Waals surface area contributed by atoms with Gasteiger partial charge in [0.15, 0.2) is 0 Å². The molecule has 0 bridgehead atoms. The number of rotatable bonds is 3. The van der Waals surface area contributed by atoms with Gasteiger partial charge in [-0.1, -0.05) is 6.92 Å². The molecule has 100 valence electrons. The second-order valence-corrected chi connectivity index (χ2v) is 6.85. The van der Waals surface area contributed by atoms with Crippen molar-refractivity contribution in [2.24, 2.45) is 17.6 Å². The van der Waals surface area contributed by atoms with E-state index in [9.17, 15) is 0 Å². The first kappa shape index (κ1) is 14.4. The van der Waals surface area contributed by atoms with Crippen molar-refractivity contribution >= 4 is 31.9 Å². The zero-order valence-electron chi connectivity index (χ0n) is 10.6. The molecule has 2 N–H and O–H groups in total. The Labute approximate surface area is 125 Å². The Morgan fingerprint density at radius 2 is 2.28 bits per heavy atom. The van der Waals surface area contributed by atoms with Crippen LogP contribution in [-0.4, -0.2) is 29.5 Å². The fraction of sp³-hybridized carbons (Fsp3) is 0.615. The van der Waals surface area contributed by atoms with Gasteiger partial charge in [-0.3, -0.25) is 9.88 Å². The summed E-state index contributed by atoms with van der Waals surface area (Å²) in [7, 11) is 0. The maximum atomic E-state index is 5.84. The molecule has 3 nitrogen and oxygen atoms in total. The van der Waals surface area contributed by atoms with E-state index in [1.165, 1.54) is 6.42 Å².